The monoisotopic (exact) mass is 754 g/mol. The van der Waals surface area contributed by atoms with Crippen molar-refractivity contribution in [2.24, 2.45) is 17.6 Å². The van der Waals surface area contributed by atoms with Crippen molar-refractivity contribution in [3.63, 3.8) is 0 Å². The minimum Gasteiger partial charge on any atom is -0.489 e. The molecule has 0 aromatic heterocycles. The van der Waals surface area contributed by atoms with Crippen molar-refractivity contribution in [3.05, 3.63) is 82.9 Å². The molecule has 10 nitrogen and oxygen atoms in total. The van der Waals surface area contributed by atoms with E-state index < -0.39 is 29.6 Å². The van der Waals surface area contributed by atoms with E-state index in [0.29, 0.717) is 47.6 Å². The second-order valence-corrected chi connectivity index (χ2v) is 14.8. The Morgan fingerprint density at radius 1 is 0.907 bits per heavy atom. The molecule has 0 saturated heterocycles. The number of aryl methyl sites for hydroxylation is 1. The molecule has 1 amide bonds. The molecular weight excluding hydrogens is 698 g/mol. The first kappa shape index (κ1) is 43.9. The Morgan fingerprint density at radius 2 is 1.54 bits per heavy atom. The quantitative estimate of drug-likeness (QED) is 0.0832. The number of hydrogen-bond donors (Lipinski definition) is 3. The first-order valence-electron chi connectivity index (χ1n) is 18.6. The largest absolute Gasteiger partial charge is 0.489 e. The molecule has 0 radical (unpaired) electrons. The van der Waals surface area contributed by atoms with Crippen LogP contribution in [-0.4, -0.2) is 40.9 Å². The summed E-state index contributed by atoms with van der Waals surface area (Å²) in [6, 6.07) is 13.4. The van der Waals surface area contributed by atoms with Gasteiger partial charge in [-0.1, -0.05) is 46.2 Å². The molecule has 1 aliphatic rings. The van der Waals surface area contributed by atoms with Crippen molar-refractivity contribution in [2.45, 2.75) is 124 Å². The number of nitrogens with one attached hydrogen (secondary N) is 1. The lowest BCUT2D eigenvalue weighted by molar-refractivity contribution is -0.155. The van der Waals surface area contributed by atoms with Crippen molar-refractivity contribution in [3.8, 4) is 17.2 Å². The van der Waals surface area contributed by atoms with Gasteiger partial charge in [-0.3, -0.25) is 14.9 Å². The fourth-order valence-corrected chi connectivity index (χ4v) is 5.61. The highest BCUT2D eigenvalue weighted by Gasteiger charge is 2.26. The lowest BCUT2D eigenvalue weighted by Crippen LogP contribution is -2.29. The summed E-state index contributed by atoms with van der Waals surface area (Å²) in [5.41, 5.74) is 7.42. The van der Waals surface area contributed by atoms with Gasteiger partial charge in [0.05, 0.1) is 11.7 Å². The number of aliphatic hydroxyl groups excluding tert-OH is 1. The molecule has 0 aliphatic heterocycles. The van der Waals surface area contributed by atoms with Crippen LogP contribution in [0.2, 0.25) is 0 Å². The van der Waals surface area contributed by atoms with Crippen LogP contribution in [0.3, 0.4) is 0 Å². The van der Waals surface area contributed by atoms with Gasteiger partial charge in [-0.2, -0.15) is 0 Å². The first-order valence-corrected chi connectivity index (χ1v) is 18.6. The molecule has 4 N–H and O–H groups in total. The molecular formula is C42H56F2N2O8. The van der Waals surface area contributed by atoms with Crippen LogP contribution in [0.4, 0.5) is 19.3 Å². The maximum atomic E-state index is 13.4. The molecule has 3 aromatic rings. The van der Waals surface area contributed by atoms with Gasteiger partial charge in [-0.05, 0) is 107 Å². The molecule has 2 atom stereocenters. The standard InChI is InChI=1S/C32H35F2NO5.C10H21NO3/c1-4-21-10-11-22(31(29(21)30(36)20(2)3)40-24-8-6-5-7-9-24)19-38-32(37)35-23-12-14-25(15-13-23)39-26-16-17-27(33)28(34)18-26;1-7(9(11)13)5-6-8(12)14-10(2,3)4/h10-18,20,24H,4-9,19H2,1-3H3,(H,35,37);7,9,13H,5-6,11H2,1-4H3. The Kier molecular flexibility index (Phi) is 16.9. The molecule has 54 heavy (non-hydrogen) atoms. The van der Waals surface area contributed by atoms with Gasteiger partial charge in [0.2, 0.25) is 0 Å². The number of carbonyl (C=O) groups excluding carboxylic acids is 3. The average Bonchev–Trinajstić information content (AvgIpc) is 3.11. The van der Waals surface area contributed by atoms with Gasteiger partial charge in [0.1, 0.15) is 35.7 Å². The highest BCUT2D eigenvalue weighted by atomic mass is 19.2. The zero-order valence-corrected chi connectivity index (χ0v) is 32.5. The third kappa shape index (κ3) is 14.4. The molecule has 1 fully saturated rings. The molecule has 4 rings (SSSR count). The third-order valence-electron chi connectivity index (χ3n) is 8.71. The minimum absolute atomic E-state index is 0.0136. The molecule has 1 saturated carbocycles. The van der Waals surface area contributed by atoms with E-state index in [4.69, 9.17) is 29.8 Å². The van der Waals surface area contributed by atoms with Gasteiger partial charge in [0, 0.05) is 29.7 Å². The maximum Gasteiger partial charge on any atom is 0.411 e. The van der Waals surface area contributed by atoms with Crippen molar-refractivity contribution in [2.75, 3.05) is 5.32 Å². The number of hydrogen-bond acceptors (Lipinski definition) is 9. The predicted octanol–water partition coefficient (Wildman–Crippen LogP) is 9.64. The number of amides is 1. The molecule has 0 bridgehead atoms. The van der Waals surface area contributed by atoms with Crippen molar-refractivity contribution in [1.29, 1.82) is 0 Å². The zero-order valence-electron chi connectivity index (χ0n) is 32.5. The smallest absolute Gasteiger partial charge is 0.411 e. The topological polar surface area (TPSA) is 146 Å². The Bertz CT molecular complexity index is 1680. The molecule has 2 unspecified atom stereocenters. The summed E-state index contributed by atoms with van der Waals surface area (Å²) in [4.78, 5) is 37.1. The lowest BCUT2D eigenvalue weighted by atomic mass is 9.91. The fraction of sp³-hybridized carbons (Fsp3) is 0.500. The highest BCUT2D eigenvalue weighted by molar-refractivity contribution is 6.01. The second kappa shape index (κ2) is 20.8. The number of anilines is 1. The number of esters is 1. The van der Waals surface area contributed by atoms with E-state index in [-0.39, 0.29) is 42.0 Å². The predicted molar refractivity (Wildman–Crippen MR) is 204 cm³/mol. The summed E-state index contributed by atoms with van der Waals surface area (Å²) in [6.07, 6.45) is 5.25. The molecule has 296 valence electrons. The molecule has 3 aromatic carbocycles. The van der Waals surface area contributed by atoms with Gasteiger partial charge in [-0.25, -0.2) is 13.6 Å². The van der Waals surface area contributed by atoms with Crippen LogP contribution in [0.15, 0.2) is 54.6 Å². The summed E-state index contributed by atoms with van der Waals surface area (Å²) >= 11 is 0. The van der Waals surface area contributed by atoms with Crippen LogP contribution in [0, 0.1) is 23.5 Å². The molecule has 0 spiro atoms. The molecule has 0 heterocycles. The summed E-state index contributed by atoms with van der Waals surface area (Å²) in [6.45, 7) is 13.0. The summed E-state index contributed by atoms with van der Waals surface area (Å²) < 4.78 is 49.2. The summed E-state index contributed by atoms with van der Waals surface area (Å²) in [5.74, 6) is -1.42. The van der Waals surface area contributed by atoms with Crippen LogP contribution >= 0.6 is 0 Å². The van der Waals surface area contributed by atoms with Crippen LogP contribution in [0.25, 0.3) is 0 Å². The average molecular weight is 755 g/mol. The molecule has 12 heteroatoms. The first-order chi connectivity index (χ1) is 25.5. The second-order valence-electron chi connectivity index (χ2n) is 14.8. The van der Waals surface area contributed by atoms with E-state index in [1.54, 1.807) is 31.2 Å². The summed E-state index contributed by atoms with van der Waals surface area (Å²) in [7, 11) is 0. The van der Waals surface area contributed by atoms with Crippen molar-refractivity contribution < 1.29 is 47.2 Å². The highest BCUT2D eigenvalue weighted by Crippen LogP contribution is 2.34. The summed E-state index contributed by atoms with van der Waals surface area (Å²) in [5, 5.41) is 11.7. The fourth-order valence-electron chi connectivity index (χ4n) is 5.61. The Labute approximate surface area is 317 Å². The third-order valence-corrected chi connectivity index (χ3v) is 8.71. The van der Waals surface area contributed by atoms with E-state index >= 15 is 0 Å². The van der Waals surface area contributed by atoms with Crippen molar-refractivity contribution >= 4 is 23.5 Å². The van der Waals surface area contributed by atoms with Gasteiger partial charge in [0.15, 0.2) is 17.4 Å². The lowest BCUT2D eigenvalue weighted by Gasteiger charge is -2.27. The number of ketones is 1. The SMILES string of the molecule is CC(CCC(=O)OC(C)(C)C)C(N)O.CCc1ccc(COC(=O)Nc2ccc(Oc3ccc(F)c(F)c3)cc2)c(OC2CCCCC2)c1C(=O)C(C)C. The number of benzene rings is 3. The number of carbonyl (C=O) groups is 3. The zero-order chi connectivity index (χ0) is 40.0. The van der Waals surface area contributed by atoms with E-state index in [2.05, 4.69) is 5.32 Å². The van der Waals surface area contributed by atoms with Gasteiger partial charge < -0.3 is 29.8 Å². The van der Waals surface area contributed by atoms with Crippen molar-refractivity contribution in [1.82, 2.24) is 0 Å². The number of halogens is 2. The Morgan fingerprint density at radius 3 is 2.11 bits per heavy atom. The van der Waals surface area contributed by atoms with Crippen LogP contribution in [-0.2, 0) is 27.3 Å². The molecule has 1 aliphatic carbocycles. The number of aliphatic hydroxyl groups is 1. The van der Waals surface area contributed by atoms with Gasteiger partial charge >= 0.3 is 12.1 Å². The maximum absolute atomic E-state index is 13.4. The van der Waals surface area contributed by atoms with E-state index in [9.17, 15) is 23.2 Å². The Hall–Kier alpha value is -4.55. The van der Waals surface area contributed by atoms with Crippen LogP contribution < -0.4 is 20.5 Å². The van der Waals surface area contributed by atoms with Crippen LogP contribution in [0.1, 0.15) is 115 Å². The number of nitrogens with two attached hydrogens (primary N) is 1. The normalized spacial score (nSPS) is 14.3. The van der Waals surface area contributed by atoms with E-state index in [0.717, 1.165) is 43.4 Å². The van der Waals surface area contributed by atoms with E-state index in [1.165, 1.54) is 12.5 Å². The van der Waals surface area contributed by atoms with Gasteiger partial charge in [-0.15, -0.1) is 0 Å². The minimum atomic E-state index is -1.00. The number of ether oxygens (including phenoxy) is 4. The van der Waals surface area contributed by atoms with Gasteiger partial charge in [0.25, 0.3) is 0 Å². The number of rotatable bonds is 14. The van der Waals surface area contributed by atoms with Crippen LogP contribution in [0.5, 0.6) is 17.2 Å². The number of Topliss-reactive ketones (excluding diaryl/α,β-unsaturated/α-hetero) is 1. The Balaban J connectivity index is 0.000000475. The van der Waals surface area contributed by atoms with E-state index in [1.807, 2.05) is 53.7 Å².